The minimum absolute atomic E-state index is 0.0372. The van der Waals surface area contributed by atoms with Crippen LogP contribution in [-0.2, 0) is 0 Å². The number of rotatable bonds is 2. The van der Waals surface area contributed by atoms with Gasteiger partial charge >= 0.3 is 0 Å². The molecule has 3 atom stereocenters. The number of hydrogen-bond donors (Lipinski definition) is 0. The van der Waals surface area contributed by atoms with E-state index in [4.69, 9.17) is 28.2 Å². The largest absolute Gasteiger partial charge is 0.341 e. The highest BCUT2D eigenvalue weighted by atomic mass is 35.5. The molecule has 23 heavy (non-hydrogen) atoms. The fourth-order valence-electron chi connectivity index (χ4n) is 3.20. The lowest BCUT2D eigenvalue weighted by Gasteiger charge is -2.28. The molecule has 0 amide bonds. The van der Waals surface area contributed by atoms with Gasteiger partial charge in [-0.3, -0.25) is 9.98 Å². The standard InChI is InChI=1S/C17H15Cl2N3S/c1-10-9-22-16(12-6-5-11(18)8-13(12)19)15(21-17(22)23-10)14-4-2-3-7-20-14/h2-8,10,15-16H,9H2,1H3/t10-,15-,16-/m1/s1. The quantitative estimate of drug-likeness (QED) is 0.753. The second-order valence-electron chi connectivity index (χ2n) is 5.80. The first-order valence-corrected chi connectivity index (χ1v) is 9.14. The van der Waals surface area contributed by atoms with Gasteiger partial charge in [-0.25, -0.2) is 0 Å². The fourth-order valence-corrected chi connectivity index (χ4v) is 4.81. The molecule has 3 heterocycles. The van der Waals surface area contributed by atoms with E-state index < -0.39 is 0 Å². The van der Waals surface area contributed by atoms with Crippen molar-refractivity contribution in [2.24, 2.45) is 4.99 Å². The Labute approximate surface area is 149 Å². The summed E-state index contributed by atoms with van der Waals surface area (Å²) in [6.07, 6.45) is 1.81. The van der Waals surface area contributed by atoms with Gasteiger partial charge in [-0.15, -0.1) is 0 Å². The second-order valence-corrected chi connectivity index (χ2v) is 8.05. The van der Waals surface area contributed by atoms with Gasteiger partial charge in [-0.05, 0) is 29.8 Å². The molecule has 0 saturated carbocycles. The Morgan fingerprint density at radius 2 is 2.09 bits per heavy atom. The molecule has 0 unspecified atom stereocenters. The highest BCUT2D eigenvalue weighted by Gasteiger charge is 2.44. The molecule has 2 aromatic rings. The number of nitrogens with zero attached hydrogens (tertiary/aromatic N) is 3. The third-order valence-corrected chi connectivity index (χ3v) is 5.83. The van der Waals surface area contributed by atoms with Gasteiger partial charge in [0.15, 0.2) is 5.17 Å². The van der Waals surface area contributed by atoms with Gasteiger partial charge in [0.1, 0.15) is 6.04 Å². The zero-order valence-electron chi connectivity index (χ0n) is 12.5. The van der Waals surface area contributed by atoms with E-state index in [1.807, 2.05) is 48.3 Å². The summed E-state index contributed by atoms with van der Waals surface area (Å²) in [6, 6.07) is 11.7. The van der Waals surface area contributed by atoms with Crippen molar-refractivity contribution in [2.75, 3.05) is 6.54 Å². The third kappa shape index (κ3) is 2.73. The Hall–Kier alpha value is -1.23. The Morgan fingerprint density at radius 3 is 2.83 bits per heavy atom. The molecule has 1 aromatic carbocycles. The van der Waals surface area contributed by atoms with Crippen LogP contribution >= 0.6 is 35.0 Å². The molecule has 1 fully saturated rings. The van der Waals surface area contributed by atoms with Gasteiger partial charge in [-0.2, -0.15) is 0 Å². The van der Waals surface area contributed by atoms with E-state index in [-0.39, 0.29) is 12.1 Å². The number of hydrogen-bond acceptors (Lipinski definition) is 4. The second kappa shape index (κ2) is 6.00. The fraction of sp³-hybridized carbons (Fsp3) is 0.294. The number of aromatic nitrogens is 1. The zero-order valence-corrected chi connectivity index (χ0v) is 14.8. The summed E-state index contributed by atoms with van der Waals surface area (Å²) in [4.78, 5) is 11.8. The minimum Gasteiger partial charge on any atom is -0.341 e. The first kappa shape index (κ1) is 15.3. The monoisotopic (exact) mass is 363 g/mol. The number of aliphatic imine (C=N–C) groups is 1. The molecular formula is C17H15Cl2N3S. The van der Waals surface area contributed by atoms with E-state index >= 15 is 0 Å². The molecule has 1 saturated heterocycles. The molecule has 0 bridgehead atoms. The van der Waals surface area contributed by atoms with Crippen molar-refractivity contribution in [3.63, 3.8) is 0 Å². The molecule has 6 heteroatoms. The number of amidine groups is 1. The normalized spacial score (nSPS) is 26.3. The Balaban J connectivity index is 1.80. The molecule has 0 spiro atoms. The maximum Gasteiger partial charge on any atom is 0.160 e. The summed E-state index contributed by atoms with van der Waals surface area (Å²) >= 11 is 14.4. The number of thioether (sulfide) groups is 1. The Bertz CT molecular complexity index is 766. The molecule has 4 rings (SSSR count). The van der Waals surface area contributed by atoms with Crippen molar-refractivity contribution in [3.8, 4) is 0 Å². The summed E-state index contributed by atoms with van der Waals surface area (Å²) in [7, 11) is 0. The number of fused-ring (bicyclic) bond motifs is 1. The summed E-state index contributed by atoms with van der Waals surface area (Å²) in [5, 5.41) is 2.96. The van der Waals surface area contributed by atoms with Crippen LogP contribution in [0.25, 0.3) is 0 Å². The molecule has 0 radical (unpaired) electrons. The lowest BCUT2D eigenvalue weighted by atomic mass is 9.96. The van der Waals surface area contributed by atoms with Crippen LogP contribution in [0.4, 0.5) is 0 Å². The predicted octanol–water partition coefficient (Wildman–Crippen LogP) is 4.98. The molecule has 1 aromatic heterocycles. The highest BCUT2D eigenvalue weighted by Crippen LogP contribution is 2.49. The first-order chi connectivity index (χ1) is 11.1. The molecule has 2 aliphatic heterocycles. The average molecular weight is 364 g/mol. The van der Waals surface area contributed by atoms with Gasteiger partial charge in [0.2, 0.25) is 0 Å². The van der Waals surface area contributed by atoms with Crippen LogP contribution in [0.3, 0.4) is 0 Å². The van der Waals surface area contributed by atoms with Crippen molar-refractivity contribution in [3.05, 3.63) is 63.9 Å². The van der Waals surface area contributed by atoms with Crippen molar-refractivity contribution in [2.45, 2.75) is 24.3 Å². The summed E-state index contributed by atoms with van der Waals surface area (Å²) in [5.41, 5.74) is 2.03. The molecule has 0 aliphatic carbocycles. The van der Waals surface area contributed by atoms with Crippen LogP contribution in [0, 0.1) is 0 Å². The number of pyridine rings is 1. The predicted molar refractivity (Wildman–Crippen MR) is 97.4 cm³/mol. The highest BCUT2D eigenvalue weighted by molar-refractivity contribution is 8.14. The van der Waals surface area contributed by atoms with Crippen molar-refractivity contribution in [1.29, 1.82) is 0 Å². The SMILES string of the molecule is C[C@@H]1CN2C(=N[C@H](c3ccccn3)[C@H]2c2ccc(Cl)cc2Cl)S1. The van der Waals surface area contributed by atoms with Crippen molar-refractivity contribution < 1.29 is 0 Å². The van der Waals surface area contributed by atoms with Crippen LogP contribution in [-0.4, -0.2) is 26.8 Å². The van der Waals surface area contributed by atoms with Crippen LogP contribution in [0.15, 0.2) is 47.6 Å². The maximum absolute atomic E-state index is 6.50. The van der Waals surface area contributed by atoms with E-state index in [9.17, 15) is 0 Å². The van der Waals surface area contributed by atoms with E-state index in [1.54, 1.807) is 6.07 Å². The average Bonchev–Trinajstić information content (AvgIpc) is 3.05. The van der Waals surface area contributed by atoms with E-state index in [2.05, 4.69) is 16.8 Å². The summed E-state index contributed by atoms with van der Waals surface area (Å²) in [6.45, 7) is 3.19. The number of halogens is 2. The van der Waals surface area contributed by atoms with Gasteiger partial charge < -0.3 is 4.90 Å². The van der Waals surface area contributed by atoms with Crippen LogP contribution in [0.1, 0.15) is 30.3 Å². The topological polar surface area (TPSA) is 28.5 Å². The third-order valence-electron chi connectivity index (χ3n) is 4.16. The van der Waals surface area contributed by atoms with Crippen LogP contribution in [0.5, 0.6) is 0 Å². The van der Waals surface area contributed by atoms with Gasteiger partial charge in [-0.1, -0.05) is 54.0 Å². The maximum atomic E-state index is 6.50. The molecule has 3 nitrogen and oxygen atoms in total. The summed E-state index contributed by atoms with van der Waals surface area (Å²) < 4.78 is 0. The molecule has 0 N–H and O–H groups in total. The van der Waals surface area contributed by atoms with Crippen molar-refractivity contribution in [1.82, 2.24) is 9.88 Å². The van der Waals surface area contributed by atoms with Gasteiger partial charge in [0.05, 0.1) is 11.7 Å². The van der Waals surface area contributed by atoms with Gasteiger partial charge in [0, 0.05) is 28.0 Å². The van der Waals surface area contributed by atoms with Gasteiger partial charge in [0.25, 0.3) is 0 Å². The first-order valence-electron chi connectivity index (χ1n) is 7.50. The minimum atomic E-state index is -0.0372. The van der Waals surface area contributed by atoms with E-state index in [0.717, 1.165) is 23.0 Å². The zero-order chi connectivity index (χ0) is 16.0. The smallest absolute Gasteiger partial charge is 0.160 e. The lowest BCUT2D eigenvalue weighted by Crippen LogP contribution is -2.28. The molecule has 2 aliphatic rings. The van der Waals surface area contributed by atoms with Crippen molar-refractivity contribution >= 4 is 40.1 Å². The molecular weight excluding hydrogens is 349 g/mol. The van der Waals surface area contributed by atoms with E-state index in [1.165, 1.54) is 0 Å². The van der Waals surface area contributed by atoms with E-state index in [0.29, 0.717) is 15.3 Å². The molecule has 118 valence electrons. The Morgan fingerprint density at radius 1 is 1.22 bits per heavy atom. The Kier molecular flexibility index (Phi) is 4.00. The number of benzene rings is 1. The summed E-state index contributed by atoms with van der Waals surface area (Å²) in [5.74, 6) is 0. The lowest BCUT2D eigenvalue weighted by molar-refractivity contribution is 0.321. The van der Waals surface area contributed by atoms with Crippen LogP contribution < -0.4 is 0 Å². The van der Waals surface area contributed by atoms with Crippen LogP contribution in [0.2, 0.25) is 10.0 Å².